The third-order valence-corrected chi connectivity index (χ3v) is 6.40. The van der Waals surface area contributed by atoms with Crippen molar-refractivity contribution in [3.05, 3.63) is 59.3 Å². The molecular formula is C24H29N5O3. The van der Waals surface area contributed by atoms with Crippen LogP contribution in [0.2, 0.25) is 0 Å². The molecule has 1 aromatic heterocycles. The summed E-state index contributed by atoms with van der Waals surface area (Å²) in [6.07, 6.45) is 1.88. The summed E-state index contributed by atoms with van der Waals surface area (Å²) in [4.78, 5) is 45.0. The van der Waals surface area contributed by atoms with Crippen LogP contribution in [0.1, 0.15) is 46.8 Å². The fraction of sp³-hybridized carbons (Fsp3) is 0.417. The maximum absolute atomic E-state index is 12.7. The second-order valence-corrected chi connectivity index (χ2v) is 8.61. The van der Waals surface area contributed by atoms with Crippen LogP contribution in [0.4, 0.5) is 5.82 Å². The number of nitrogen functional groups attached to an aromatic ring is 1. The summed E-state index contributed by atoms with van der Waals surface area (Å²) < 4.78 is 0. The van der Waals surface area contributed by atoms with E-state index < -0.39 is 0 Å². The minimum atomic E-state index is -0.248. The summed E-state index contributed by atoms with van der Waals surface area (Å²) in [5.41, 5.74) is 8.34. The van der Waals surface area contributed by atoms with E-state index in [0.717, 1.165) is 24.1 Å². The van der Waals surface area contributed by atoms with E-state index in [-0.39, 0.29) is 35.4 Å². The Kier molecular flexibility index (Phi) is 6.39. The Morgan fingerprint density at radius 1 is 1.12 bits per heavy atom. The first-order valence-corrected chi connectivity index (χ1v) is 11.0. The number of aromatic nitrogens is 1. The molecule has 2 aliphatic rings. The summed E-state index contributed by atoms with van der Waals surface area (Å²) >= 11 is 0. The monoisotopic (exact) mass is 435 g/mol. The van der Waals surface area contributed by atoms with Crippen molar-refractivity contribution in [2.75, 3.05) is 32.4 Å². The third kappa shape index (κ3) is 4.74. The Labute approximate surface area is 187 Å². The summed E-state index contributed by atoms with van der Waals surface area (Å²) in [5, 5.41) is 2.88. The van der Waals surface area contributed by atoms with Crippen LogP contribution < -0.4 is 11.1 Å². The molecule has 0 spiro atoms. The zero-order valence-electron chi connectivity index (χ0n) is 18.3. The number of nitrogens with zero attached hydrogens (tertiary/aromatic N) is 3. The number of anilines is 1. The number of hydrogen-bond donors (Lipinski definition) is 2. The SMILES string of the molecule is CN1C[C@@H](C(=O)N2CCC(c3ccc(C(=O)NCc4ccccc4)c(N)n3)CC2)CC1=O. The molecule has 4 rings (SSSR count). The van der Waals surface area contributed by atoms with Crippen molar-refractivity contribution in [1.29, 1.82) is 0 Å². The summed E-state index contributed by atoms with van der Waals surface area (Å²) in [6, 6.07) is 13.3. The lowest BCUT2D eigenvalue weighted by atomic mass is 9.91. The lowest BCUT2D eigenvalue weighted by molar-refractivity contribution is -0.136. The van der Waals surface area contributed by atoms with E-state index >= 15 is 0 Å². The van der Waals surface area contributed by atoms with Crippen LogP contribution in [-0.2, 0) is 16.1 Å². The highest BCUT2D eigenvalue weighted by atomic mass is 16.2. The molecule has 1 aromatic carbocycles. The van der Waals surface area contributed by atoms with E-state index in [1.54, 1.807) is 18.0 Å². The van der Waals surface area contributed by atoms with Gasteiger partial charge in [-0.2, -0.15) is 0 Å². The van der Waals surface area contributed by atoms with Crippen LogP contribution in [-0.4, -0.2) is 59.2 Å². The Hall–Kier alpha value is -3.42. The van der Waals surface area contributed by atoms with E-state index in [1.807, 2.05) is 41.3 Å². The predicted octanol–water partition coefficient (Wildman–Crippen LogP) is 1.78. The molecule has 8 nitrogen and oxygen atoms in total. The summed E-state index contributed by atoms with van der Waals surface area (Å²) in [5.74, 6) is 0.0352. The molecule has 32 heavy (non-hydrogen) atoms. The Bertz CT molecular complexity index is 1000. The van der Waals surface area contributed by atoms with Crippen LogP contribution in [0.3, 0.4) is 0 Å². The van der Waals surface area contributed by atoms with Crippen LogP contribution in [0.15, 0.2) is 42.5 Å². The molecule has 8 heteroatoms. The smallest absolute Gasteiger partial charge is 0.255 e. The van der Waals surface area contributed by atoms with Crippen LogP contribution in [0.25, 0.3) is 0 Å². The molecule has 3 amide bonds. The summed E-state index contributed by atoms with van der Waals surface area (Å²) in [7, 11) is 1.74. The second-order valence-electron chi connectivity index (χ2n) is 8.61. The van der Waals surface area contributed by atoms with Crippen molar-refractivity contribution in [2.24, 2.45) is 5.92 Å². The van der Waals surface area contributed by atoms with E-state index in [1.165, 1.54) is 0 Å². The average Bonchev–Trinajstić information content (AvgIpc) is 3.16. The number of carbonyl (C=O) groups excluding carboxylic acids is 3. The van der Waals surface area contributed by atoms with Crippen LogP contribution in [0, 0.1) is 5.92 Å². The van der Waals surface area contributed by atoms with Crippen molar-refractivity contribution in [3.63, 3.8) is 0 Å². The number of carbonyl (C=O) groups is 3. The number of nitrogens with two attached hydrogens (primary N) is 1. The maximum Gasteiger partial charge on any atom is 0.255 e. The molecule has 2 fully saturated rings. The predicted molar refractivity (Wildman–Crippen MR) is 121 cm³/mol. The van der Waals surface area contributed by atoms with Crippen molar-refractivity contribution in [3.8, 4) is 0 Å². The van der Waals surface area contributed by atoms with Gasteiger partial charge in [-0.3, -0.25) is 14.4 Å². The fourth-order valence-corrected chi connectivity index (χ4v) is 4.47. The highest BCUT2D eigenvalue weighted by Crippen LogP contribution is 2.29. The largest absolute Gasteiger partial charge is 0.383 e. The van der Waals surface area contributed by atoms with Crippen molar-refractivity contribution >= 4 is 23.5 Å². The van der Waals surface area contributed by atoms with E-state index in [4.69, 9.17) is 5.73 Å². The van der Waals surface area contributed by atoms with E-state index in [2.05, 4.69) is 10.3 Å². The lowest BCUT2D eigenvalue weighted by Crippen LogP contribution is -2.42. The molecule has 0 radical (unpaired) electrons. The van der Waals surface area contributed by atoms with Crippen LogP contribution in [0.5, 0.6) is 0 Å². The van der Waals surface area contributed by atoms with Gasteiger partial charge >= 0.3 is 0 Å². The summed E-state index contributed by atoms with van der Waals surface area (Å²) in [6.45, 7) is 2.21. The van der Waals surface area contributed by atoms with Crippen molar-refractivity contribution < 1.29 is 14.4 Å². The van der Waals surface area contributed by atoms with Crippen LogP contribution >= 0.6 is 0 Å². The maximum atomic E-state index is 12.7. The number of benzene rings is 1. The Balaban J connectivity index is 1.32. The van der Waals surface area contributed by atoms with Gasteiger partial charge in [-0.1, -0.05) is 30.3 Å². The standard InChI is InChI=1S/C24H29N5O3/c1-28-15-18(13-21(28)30)24(32)29-11-9-17(10-12-29)20-8-7-19(22(25)27-20)23(31)26-14-16-5-3-2-4-6-16/h2-8,17-18H,9-15H2,1H3,(H2,25,27)(H,26,31)/t18-/m0/s1. The molecule has 2 aliphatic heterocycles. The minimum Gasteiger partial charge on any atom is -0.383 e. The average molecular weight is 436 g/mol. The molecule has 3 heterocycles. The van der Waals surface area contributed by atoms with E-state index in [9.17, 15) is 14.4 Å². The topological polar surface area (TPSA) is 109 Å². The number of pyridine rings is 1. The van der Waals surface area contributed by atoms with Gasteiger partial charge in [0.05, 0.1) is 11.5 Å². The lowest BCUT2D eigenvalue weighted by Gasteiger charge is -2.33. The number of amides is 3. The highest BCUT2D eigenvalue weighted by Gasteiger charge is 2.36. The molecule has 0 unspecified atom stereocenters. The molecule has 0 aliphatic carbocycles. The van der Waals surface area contributed by atoms with E-state index in [0.29, 0.717) is 38.2 Å². The van der Waals surface area contributed by atoms with Gasteiger partial charge in [0, 0.05) is 51.3 Å². The molecule has 0 saturated carbocycles. The molecule has 0 bridgehead atoms. The van der Waals surface area contributed by atoms with Gasteiger partial charge in [0.1, 0.15) is 5.82 Å². The first-order valence-electron chi connectivity index (χ1n) is 11.0. The third-order valence-electron chi connectivity index (χ3n) is 6.40. The molecule has 2 aromatic rings. The number of piperidine rings is 1. The van der Waals surface area contributed by atoms with Gasteiger partial charge < -0.3 is 20.9 Å². The second kappa shape index (κ2) is 9.38. The first-order chi connectivity index (χ1) is 15.4. The minimum absolute atomic E-state index is 0.0332. The van der Waals surface area contributed by atoms with Crippen molar-refractivity contribution in [1.82, 2.24) is 20.1 Å². The number of nitrogens with one attached hydrogen (secondary N) is 1. The van der Waals surface area contributed by atoms with Crippen molar-refractivity contribution in [2.45, 2.75) is 31.7 Å². The zero-order valence-corrected chi connectivity index (χ0v) is 18.3. The Morgan fingerprint density at radius 2 is 1.84 bits per heavy atom. The Morgan fingerprint density at radius 3 is 2.47 bits per heavy atom. The zero-order chi connectivity index (χ0) is 22.7. The molecular weight excluding hydrogens is 406 g/mol. The quantitative estimate of drug-likeness (QED) is 0.744. The van der Waals surface area contributed by atoms with Gasteiger partial charge in [-0.15, -0.1) is 0 Å². The molecule has 2 saturated heterocycles. The fourth-order valence-electron chi connectivity index (χ4n) is 4.47. The molecule has 168 valence electrons. The number of likely N-dealkylation sites (tertiary alicyclic amines) is 2. The number of rotatable bonds is 5. The van der Waals surface area contributed by atoms with Gasteiger partial charge in [0.25, 0.3) is 5.91 Å². The molecule has 1 atom stereocenters. The van der Waals surface area contributed by atoms with Gasteiger partial charge in [0.15, 0.2) is 0 Å². The van der Waals surface area contributed by atoms with Gasteiger partial charge in [0.2, 0.25) is 11.8 Å². The van der Waals surface area contributed by atoms with Gasteiger partial charge in [-0.05, 0) is 30.5 Å². The highest BCUT2D eigenvalue weighted by molar-refractivity contribution is 5.98. The van der Waals surface area contributed by atoms with Gasteiger partial charge in [-0.25, -0.2) is 4.98 Å². The normalized spacial score (nSPS) is 19.3. The number of hydrogen-bond acceptors (Lipinski definition) is 5. The first kappa shape index (κ1) is 21.8. The molecule has 3 N–H and O–H groups in total.